The predicted octanol–water partition coefficient (Wildman–Crippen LogP) is 2.54. The van der Waals surface area contributed by atoms with Gasteiger partial charge in [0.2, 0.25) is 0 Å². The van der Waals surface area contributed by atoms with Gasteiger partial charge in [0.25, 0.3) is 0 Å². The first kappa shape index (κ1) is 13.6. The van der Waals surface area contributed by atoms with Crippen LogP contribution in [-0.4, -0.2) is 38.1 Å². The van der Waals surface area contributed by atoms with Crippen molar-refractivity contribution in [3.63, 3.8) is 0 Å². The lowest BCUT2D eigenvalue weighted by Crippen LogP contribution is -2.23. The molecule has 0 aromatic heterocycles. The Morgan fingerprint density at radius 3 is 2.59 bits per heavy atom. The number of likely N-dealkylation sites (N-methyl/N-ethyl adjacent to an activating group) is 1. The van der Waals surface area contributed by atoms with Gasteiger partial charge in [-0.2, -0.15) is 0 Å². The lowest BCUT2D eigenvalue weighted by molar-refractivity contribution is 0.232. The molecule has 0 saturated heterocycles. The van der Waals surface area contributed by atoms with Gasteiger partial charge in [-0.1, -0.05) is 6.07 Å². The largest absolute Gasteiger partial charge is 0.497 e. The quantitative estimate of drug-likeness (QED) is 0.601. The molecule has 5 heteroatoms. The molecule has 1 amide bonds. The van der Waals surface area contributed by atoms with Crippen molar-refractivity contribution in [2.75, 3.05) is 27.8 Å². The van der Waals surface area contributed by atoms with Crippen LogP contribution < -0.4 is 9.47 Å². The Morgan fingerprint density at radius 2 is 2.06 bits per heavy atom. The van der Waals surface area contributed by atoms with Crippen LogP contribution in [0.2, 0.25) is 0 Å². The number of hydrogen-bond donors (Lipinski definition) is 0. The first-order valence-corrected chi connectivity index (χ1v) is 5.57. The second-order valence-electron chi connectivity index (χ2n) is 3.60. The molecule has 0 aliphatic rings. The molecule has 0 bridgehead atoms. The first-order chi connectivity index (χ1) is 8.08. The summed E-state index contributed by atoms with van der Waals surface area (Å²) >= 11 is 5.35. The molecule has 0 heterocycles. The molecule has 17 heavy (non-hydrogen) atoms. The topological polar surface area (TPSA) is 38.8 Å². The summed E-state index contributed by atoms with van der Waals surface area (Å²) in [6.07, 6.45) is 0.683. The van der Waals surface area contributed by atoms with E-state index in [0.29, 0.717) is 13.0 Å². The summed E-state index contributed by atoms with van der Waals surface area (Å²) in [5.74, 6) is 1.49. The Morgan fingerprint density at radius 1 is 1.35 bits per heavy atom. The van der Waals surface area contributed by atoms with Gasteiger partial charge in [-0.3, -0.25) is 4.79 Å². The van der Waals surface area contributed by atoms with E-state index in [0.717, 1.165) is 17.1 Å². The highest BCUT2D eigenvalue weighted by Gasteiger charge is 2.08. The van der Waals surface area contributed by atoms with Gasteiger partial charge in [0.1, 0.15) is 11.5 Å². The summed E-state index contributed by atoms with van der Waals surface area (Å²) in [6, 6.07) is 5.60. The van der Waals surface area contributed by atoms with Crippen molar-refractivity contribution < 1.29 is 14.3 Å². The van der Waals surface area contributed by atoms with Crippen molar-refractivity contribution >= 4 is 17.0 Å². The third-order valence-electron chi connectivity index (χ3n) is 2.51. The summed E-state index contributed by atoms with van der Waals surface area (Å²) in [7, 11) is 4.87. The van der Waals surface area contributed by atoms with Crippen LogP contribution in [0.15, 0.2) is 18.2 Å². The number of hydrogen-bond acceptors (Lipinski definition) is 3. The van der Waals surface area contributed by atoms with Crippen LogP contribution >= 0.6 is 11.6 Å². The highest BCUT2D eigenvalue weighted by Crippen LogP contribution is 2.25. The van der Waals surface area contributed by atoms with Crippen LogP contribution in [0.5, 0.6) is 11.5 Å². The third-order valence-corrected chi connectivity index (χ3v) is 2.80. The molecule has 0 saturated carbocycles. The summed E-state index contributed by atoms with van der Waals surface area (Å²) in [5, 5.41) is -0.461. The Hall–Kier alpha value is -1.42. The molecular weight excluding hydrogens is 242 g/mol. The van der Waals surface area contributed by atoms with Crippen LogP contribution in [0.3, 0.4) is 0 Å². The van der Waals surface area contributed by atoms with Gasteiger partial charge < -0.3 is 14.4 Å². The third kappa shape index (κ3) is 3.82. The van der Waals surface area contributed by atoms with E-state index < -0.39 is 5.37 Å². The fraction of sp³-hybridized carbons (Fsp3) is 0.417. The van der Waals surface area contributed by atoms with Crippen molar-refractivity contribution in [3.8, 4) is 11.5 Å². The van der Waals surface area contributed by atoms with E-state index in [-0.39, 0.29) is 0 Å². The van der Waals surface area contributed by atoms with Crippen molar-refractivity contribution in [1.29, 1.82) is 0 Å². The fourth-order valence-corrected chi connectivity index (χ4v) is 1.52. The highest BCUT2D eigenvalue weighted by molar-refractivity contribution is 6.62. The molecule has 1 aromatic rings. The number of methoxy groups -OCH3 is 2. The highest BCUT2D eigenvalue weighted by atomic mass is 35.5. The van der Waals surface area contributed by atoms with Crippen molar-refractivity contribution in [2.45, 2.75) is 6.42 Å². The molecule has 0 spiro atoms. The van der Waals surface area contributed by atoms with E-state index in [1.165, 1.54) is 4.90 Å². The maximum absolute atomic E-state index is 10.9. The molecule has 0 fully saturated rings. The number of carbonyl (C=O) groups excluding carboxylic acids is 1. The molecular formula is C12H16ClNO3. The zero-order chi connectivity index (χ0) is 12.8. The minimum Gasteiger partial charge on any atom is -0.497 e. The molecule has 1 rings (SSSR count). The number of amides is 1. The minimum absolute atomic E-state index is 0.461. The summed E-state index contributed by atoms with van der Waals surface area (Å²) < 4.78 is 10.4. The number of nitrogens with zero attached hydrogens (tertiary/aromatic N) is 1. The summed E-state index contributed by atoms with van der Waals surface area (Å²) in [6.45, 7) is 0.547. The van der Waals surface area contributed by atoms with Crippen LogP contribution in [0.1, 0.15) is 5.56 Å². The Kier molecular flexibility index (Phi) is 5.10. The Balaban J connectivity index is 2.73. The zero-order valence-corrected chi connectivity index (χ0v) is 11.0. The number of carbonyl (C=O) groups is 1. The number of benzene rings is 1. The van der Waals surface area contributed by atoms with E-state index in [4.69, 9.17) is 21.1 Å². The van der Waals surface area contributed by atoms with Crippen molar-refractivity contribution in [2.24, 2.45) is 0 Å². The average molecular weight is 258 g/mol. The first-order valence-electron chi connectivity index (χ1n) is 5.20. The molecule has 0 aliphatic carbocycles. The molecule has 0 aliphatic heterocycles. The van der Waals surface area contributed by atoms with E-state index in [9.17, 15) is 4.79 Å². The van der Waals surface area contributed by atoms with Crippen LogP contribution in [-0.2, 0) is 6.42 Å². The Bertz CT molecular complexity index is 395. The molecule has 94 valence electrons. The van der Waals surface area contributed by atoms with E-state index >= 15 is 0 Å². The Labute approximate surface area is 106 Å². The normalized spacial score (nSPS) is 9.88. The van der Waals surface area contributed by atoms with E-state index in [1.54, 1.807) is 21.3 Å². The van der Waals surface area contributed by atoms with Crippen molar-refractivity contribution in [1.82, 2.24) is 4.90 Å². The maximum Gasteiger partial charge on any atom is 0.316 e. The molecule has 1 aromatic carbocycles. The van der Waals surface area contributed by atoms with E-state index in [2.05, 4.69) is 0 Å². The second kappa shape index (κ2) is 6.35. The number of ether oxygens (including phenoxy) is 2. The van der Waals surface area contributed by atoms with Gasteiger partial charge in [-0.15, -0.1) is 0 Å². The molecule has 0 unspecified atom stereocenters. The van der Waals surface area contributed by atoms with Crippen LogP contribution in [0.4, 0.5) is 4.79 Å². The summed E-state index contributed by atoms with van der Waals surface area (Å²) in [5.41, 5.74) is 1.01. The molecule has 4 nitrogen and oxygen atoms in total. The SMILES string of the molecule is COc1ccc(CCN(C)C(=O)Cl)c(OC)c1. The van der Waals surface area contributed by atoms with Crippen LogP contribution in [0, 0.1) is 0 Å². The number of rotatable bonds is 5. The molecule has 0 atom stereocenters. The minimum atomic E-state index is -0.461. The average Bonchev–Trinajstić information content (AvgIpc) is 2.35. The predicted molar refractivity (Wildman–Crippen MR) is 67.1 cm³/mol. The lowest BCUT2D eigenvalue weighted by atomic mass is 10.1. The van der Waals surface area contributed by atoms with Gasteiger partial charge in [-0.25, -0.2) is 0 Å². The zero-order valence-electron chi connectivity index (χ0n) is 10.2. The van der Waals surface area contributed by atoms with Gasteiger partial charge in [-0.05, 0) is 29.7 Å². The van der Waals surface area contributed by atoms with Gasteiger partial charge in [0.15, 0.2) is 0 Å². The fourth-order valence-electron chi connectivity index (χ4n) is 1.43. The van der Waals surface area contributed by atoms with Gasteiger partial charge >= 0.3 is 5.37 Å². The van der Waals surface area contributed by atoms with Gasteiger partial charge in [0.05, 0.1) is 14.2 Å². The maximum atomic E-state index is 10.9. The molecule has 0 radical (unpaired) electrons. The van der Waals surface area contributed by atoms with Gasteiger partial charge in [0, 0.05) is 19.7 Å². The second-order valence-corrected chi connectivity index (χ2v) is 3.93. The van der Waals surface area contributed by atoms with Crippen LogP contribution in [0.25, 0.3) is 0 Å². The van der Waals surface area contributed by atoms with Crippen molar-refractivity contribution in [3.05, 3.63) is 23.8 Å². The van der Waals surface area contributed by atoms with E-state index in [1.807, 2.05) is 18.2 Å². The number of halogens is 1. The summed E-state index contributed by atoms with van der Waals surface area (Å²) in [4.78, 5) is 12.3. The molecule has 0 N–H and O–H groups in total. The standard InChI is InChI=1S/C12H16ClNO3/c1-14(12(13)15)7-6-9-4-5-10(16-2)8-11(9)17-3/h4-5,8H,6-7H2,1-3H3. The smallest absolute Gasteiger partial charge is 0.316 e. The lowest BCUT2D eigenvalue weighted by Gasteiger charge is -2.15. The monoisotopic (exact) mass is 257 g/mol.